The van der Waals surface area contributed by atoms with Crippen LogP contribution in [0.4, 0.5) is 0 Å². The Morgan fingerprint density at radius 1 is 0.123 bits per heavy atom. The lowest BCUT2D eigenvalue weighted by Gasteiger charge is -2.23. The van der Waals surface area contributed by atoms with Crippen molar-refractivity contribution < 1.29 is 0 Å². The van der Waals surface area contributed by atoms with Crippen molar-refractivity contribution in [1.82, 2.24) is 0 Å². The van der Waals surface area contributed by atoms with Crippen LogP contribution in [0, 0.1) is 0 Å². The third-order valence-corrected chi connectivity index (χ3v) is 33.6. The van der Waals surface area contributed by atoms with E-state index in [1.807, 2.05) is 0 Å². The maximum absolute atomic E-state index is 2.43. The highest BCUT2D eigenvalue weighted by Crippen LogP contribution is 2.58. The van der Waals surface area contributed by atoms with Gasteiger partial charge in [0, 0.05) is 32.5 Å². The summed E-state index contributed by atoms with van der Waals surface area (Å²) < 4.78 is 0. The summed E-state index contributed by atoms with van der Waals surface area (Å²) in [7, 11) is 0. The molecule has 0 radical (unpaired) electrons. The van der Waals surface area contributed by atoms with Crippen molar-refractivity contribution in [3.63, 3.8) is 0 Å². The second-order valence-electron chi connectivity index (χ2n) is 47.0. The van der Waals surface area contributed by atoms with E-state index in [1.165, 1.54) is 244 Å². The van der Waals surface area contributed by atoms with Crippen molar-refractivity contribution in [2.24, 2.45) is 0 Å². The molecule has 0 aliphatic heterocycles. The fourth-order valence-electron chi connectivity index (χ4n) is 24.3. The number of hydrogen-bond acceptors (Lipinski definition) is 0. The minimum absolute atomic E-state index is 0.0240. The van der Waals surface area contributed by atoms with Gasteiger partial charge in [-0.3, -0.25) is 0 Å². The summed E-state index contributed by atoms with van der Waals surface area (Å²) in [6, 6.07) is 149. The largest absolute Gasteiger partial charge is 0.0622 e. The van der Waals surface area contributed by atoms with Crippen LogP contribution >= 0.6 is 0 Å². The zero-order valence-electron chi connectivity index (χ0n) is 90.6. The highest BCUT2D eigenvalue weighted by atomic mass is 14.5. The standard InChI is InChI=1S/2C28H26.3C24H24.C18H20/c1-18(2)20-12-14-24-25-15-13-21(17-27(25)28(3,4)26(24)16-20)23-11-7-9-19-8-5-6-10-22(19)23;1-18(2)20-11-13-24-25-14-12-23(17-27(25)28(3,4)26(24)16-20)22-10-9-19-7-5-6-8-21(19)15-22;1-16(2)17-8-7-9-18(14-17)19-12-13-21-20-10-5-6-11-22(20)24(3,4)23(21)15-19;1-16(2)17-9-11-18(12-10-17)19-13-14-21-20-7-5-6-8-22(20)24(3,4)23(21)15-19;1-16(2)18-10-12-20-21-13-11-19(17-8-6-5-7-9-17)15-23(21)24(3,4)22(20)14-18;1-12(2)13-9-10-15-14-7-5-6-8-16(14)18(3,4)17(15)11-13/h2*5-18H,1-4H3;3*5-16H,1-4H3;5-12H,1-4H3. The van der Waals surface area contributed by atoms with Crippen LogP contribution in [-0.4, -0.2) is 0 Å². The molecule has 0 saturated carbocycles. The zero-order valence-corrected chi connectivity index (χ0v) is 90.6. The summed E-state index contributed by atoms with van der Waals surface area (Å²) in [6.45, 7) is 55.3. The number of benzene rings is 19. The van der Waals surface area contributed by atoms with Crippen LogP contribution in [0.2, 0.25) is 0 Å². The Balaban J connectivity index is 0.000000107. The first-order chi connectivity index (χ1) is 69.9. The average molecular weight is 1900 g/mol. The molecule has 728 valence electrons. The van der Waals surface area contributed by atoms with Gasteiger partial charge in [0.1, 0.15) is 0 Å². The number of rotatable bonds is 11. The van der Waals surface area contributed by atoms with Gasteiger partial charge in [-0.15, -0.1) is 0 Å². The summed E-state index contributed by atoms with van der Waals surface area (Å²) in [5.74, 6) is 3.39. The van der Waals surface area contributed by atoms with Gasteiger partial charge in [0.15, 0.2) is 0 Å². The van der Waals surface area contributed by atoms with E-state index in [0.717, 1.165) is 0 Å². The molecule has 0 aromatic heterocycles. The second kappa shape index (κ2) is 38.9. The third-order valence-electron chi connectivity index (χ3n) is 33.6. The van der Waals surface area contributed by atoms with Crippen LogP contribution in [0.3, 0.4) is 0 Å². The second-order valence-corrected chi connectivity index (χ2v) is 47.0. The first-order valence-electron chi connectivity index (χ1n) is 53.7. The Kier molecular flexibility index (Phi) is 26.4. The van der Waals surface area contributed by atoms with Crippen molar-refractivity contribution >= 4 is 21.5 Å². The van der Waals surface area contributed by atoms with E-state index in [0.29, 0.717) is 35.5 Å². The van der Waals surface area contributed by atoms with Gasteiger partial charge in [0.2, 0.25) is 0 Å². The van der Waals surface area contributed by atoms with Gasteiger partial charge in [0.25, 0.3) is 0 Å². The lowest BCUT2D eigenvalue weighted by atomic mass is 9.80. The maximum atomic E-state index is 2.43. The van der Waals surface area contributed by atoms with Crippen molar-refractivity contribution in [2.45, 2.75) is 234 Å². The van der Waals surface area contributed by atoms with Crippen molar-refractivity contribution in [1.29, 1.82) is 0 Å². The Bertz CT molecular complexity index is 8180. The Labute approximate surface area is 872 Å². The predicted molar refractivity (Wildman–Crippen MR) is 631 cm³/mol. The molecular weight excluding hydrogens is 1750 g/mol. The van der Waals surface area contributed by atoms with E-state index in [-0.39, 0.29) is 32.5 Å². The third kappa shape index (κ3) is 18.1. The molecule has 25 rings (SSSR count). The van der Waals surface area contributed by atoms with Crippen molar-refractivity contribution in [3.05, 3.63) is 501 Å². The first kappa shape index (κ1) is 99.1. The quantitative estimate of drug-likeness (QED) is 0.121. The topological polar surface area (TPSA) is 0 Å². The Morgan fingerprint density at radius 3 is 0.719 bits per heavy atom. The molecule has 0 saturated heterocycles. The van der Waals surface area contributed by atoms with Crippen LogP contribution in [0.5, 0.6) is 0 Å². The fourth-order valence-corrected chi connectivity index (χ4v) is 24.3. The van der Waals surface area contributed by atoms with Crippen LogP contribution in [0.25, 0.3) is 144 Å². The molecule has 0 heteroatoms. The van der Waals surface area contributed by atoms with Crippen LogP contribution in [0.1, 0.15) is 302 Å². The maximum Gasteiger partial charge on any atom is 0.0159 e. The molecule has 0 atom stereocenters. The lowest BCUT2D eigenvalue weighted by Crippen LogP contribution is -2.15. The van der Waals surface area contributed by atoms with E-state index in [1.54, 1.807) is 0 Å². The molecule has 0 bridgehead atoms. The van der Waals surface area contributed by atoms with Crippen LogP contribution in [-0.2, 0) is 32.5 Å². The smallest absolute Gasteiger partial charge is 0.0159 e. The van der Waals surface area contributed by atoms with E-state index in [9.17, 15) is 0 Å². The molecule has 6 aliphatic rings. The fraction of sp³-hybridized carbons (Fsp3) is 0.247. The minimum Gasteiger partial charge on any atom is -0.0622 e. The Hall–Kier alpha value is -14.3. The highest BCUT2D eigenvalue weighted by Gasteiger charge is 2.42. The summed E-state index contributed by atoms with van der Waals surface area (Å²) in [5, 5.41) is 5.20. The molecule has 0 heterocycles. The average Bonchev–Trinajstić information content (AvgIpc) is 1.60. The number of hydrogen-bond donors (Lipinski definition) is 0. The Morgan fingerprint density at radius 2 is 0.342 bits per heavy atom. The molecule has 0 amide bonds. The first-order valence-corrected chi connectivity index (χ1v) is 53.7. The van der Waals surface area contributed by atoms with Gasteiger partial charge in [-0.05, 0) is 316 Å². The zero-order chi connectivity index (χ0) is 103. The normalized spacial score (nSPS) is 14.6. The molecule has 19 aromatic carbocycles. The van der Waals surface area contributed by atoms with E-state index < -0.39 is 0 Å². The minimum atomic E-state index is 0.0240. The lowest BCUT2D eigenvalue weighted by molar-refractivity contribution is 0.658. The van der Waals surface area contributed by atoms with Crippen molar-refractivity contribution in [2.75, 3.05) is 0 Å². The SMILES string of the molecule is CC(C)c1ccc(-c2ccc3c(c2)C(C)(C)c2ccccc2-3)cc1.CC(C)c1ccc2c(c1)C(C)(C)c1cc(-c3ccc4ccccc4c3)ccc1-2.CC(C)c1ccc2c(c1)C(C)(C)c1cc(-c3cccc4ccccc34)ccc1-2.CC(C)c1ccc2c(c1)C(C)(C)c1cc(-c3ccccc3)ccc1-2.CC(C)c1ccc2c(c1)C(C)(C)c1ccccc1-2.CC(C)c1cccc(-c2ccc3c(c2)C(C)(C)c2ccccc2-3)c1. The van der Waals surface area contributed by atoms with Gasteiger partial charge in [0.05, 0.1) is 0 Å². The monoisotopic (exact) mass is 1900 g/mol. The number of fused-ring (bicyclic) bond motifs is 20. The summed E-state index contributed by atoms with van der Waals surface area (Å²) >= 11 is 0. The van der Waals surface area contributed by atoms with Crippen molar-refractivity contribution in [3.8, 4) is 122 Å². The molecule has 6 aliphatic carbocycles. The van der Waals surface area contributed by atoms with Gasteiger partial charge in [-0.25, -0.2) is 0 Å². The molecule has 19 aromatic rings. The van der Waals surface area contributed by atoms with E-state index >= 15 is 0 Å². The van der Waals surface area contributed by atoms with E-state index in [4.69, 9.17) is 0 Å². The molecule has 146 heavy (non-hydrogen) atoms. The van der Waals surface area contributed by atoms with Crippen LogP contribution in [0.15, 0.2) is 400 Å². The highest BCUT2D eigenvalue weighted by molar-refractivity contribution is 5.99. The summed E-state index contributed by atoms with van der Waals surface area (Å²) in [4.78, 5) is 0. The van der Waals surface area contributed by atoms with Crippen LogP contribution < -0.4 is 0 Å². The van der Waals surface area contributed by atoms with Gasteiger partial charge in [-0.2, -0.15) is 0 Å². The molecular formula is C146H144. The molecule has 0 fully saturated rings. The summed E-state index contributed by atoms with van der Waals surface area (Å²) in [5.41, 5.74) is 56.1. The van der Waals surface area contributed by atoms with Gasteiger partial charge in [-0.1, -0.05) is 530 Å². The van der Waals surface area contributed by atoms with Gasteiger partial charge >= 0.3 is 0 Å². The summed E-state index contributed by atoms with van der Waals surface area (Å²) in [6.07, 6.45) is 0. The molecule has 0 nitrogen and oxygen atoms in total. The van der Waals surface area contributed by atoms with Gasteiger partial charge < -0.3 is 0 Å². The molecule has 0 spiro atoms. The van der Waals surface area contributed by atoms with E-state index in [2.05, 4.69) is 567 Å². The molecule has 0 N–H and O–H groups in total. The molecule has 0 unspecified atom stereocenters. The predicted octanol–water partition coefficient (Wildman–Crippen LogP) is 41.3.